The molecule has 0 bridgehead atoms. The average molecular weight is 276 g/mol. The van der Waals surface area contributed by atoms with E-state index in [1.54, 1.807) is 0 Å². The number of carbonyl (C=O) groups excluding carboxylic acids is 1. The molecule has 5 heteroatoms. The standard InChI is InChI=1S/C15H20N2O3/c1-17-8-7-12(10-17)14(18)16-13(15(19)20)9-11-5-3-2-4-6-11/h2-6,12-13H,7-10H2,1H3,(H,16,18)(H,19,20). The fourth-order valence-corrected chi connectivity index (χ4v) is 2.49. The third-order valence-corrected chi connectivity index (χ3v) is 3.66. The van der Waals surface area contributed by atoms with Crippen molar-refractivity contribution in [2.24, 2.45) is 5.92 Å². The Kier molecular flexibility index (Phi) is 4.74. The maximum absolute atomic E-state index is 12.1. The Hall–Kier alpha value is -1.88. The lowest BCUT2D eigenvalue weighted by atomic mass is 10.0. The first kappa shape index (κ1) is 14.5. The predicted octanol–water partition coefficient (Wildman–Crippen LogP) is 0.750. The molecule has 0 saturated carbocycles. The van der Waals surface area contributed by atoms with E-state index in [-0.39, 0.29) is 11.8 Å². The molecule has 0 radical (unpaired) electrons. The molecule has 1 aliphatic rings. The van der Waals surface area contributed by atoms with Gasteiger partial charge in [0.1, 0.15) is 6.04 Å². The van der Waals surface area contributed by atoms with Gasteiger partial charge in [0.15, 0.2) is 0 Å². The number of amides is 1. The highest BCUT2D eigenvalue weighted by atomic mass is 16.4. The van der Waals surface area contributed by atoms with Crippen molar-refractivity contribution in [3.63, 3.8) is 0 Å². The zero-order valence-corrected chi connectivity index (χ0v) is 11.6. The van der Waals surface area contributed by atoms with Crippen LogP contribution in [-0.4, -0.2) is 48.1 Å². The molecule has 2 rings (SSSR count). The van der Waals surface area contributed by atoms with Crippen LogP contribution in [0.25, 0.3) is 0 Å². The Morgan fingerprint density at radius 2 is 2.10 bits per heavy atom. The SMILES string of the molecule is CN1CCC(C(=O)NC(Cc2ccccc2)C(=O)O)C1. The molecule has 0 spiro atoms. The number of likely N-dealkylation sites (tertiary alicyclic amines) is 1. The molecule has 0 aromatic heterocycles. The molecule has 2 N–H and O–H groups in total. The minimum atomic E-state index is -0.992. The number of rotatable bonds is 5. The van der Waals surface area contributed by atoms with E-state index in [0.29, 0.717) is 13.0 Å². The van der Waals surface area contributed by atoms with E-state index < -0.39 is 12.0 Å². The number of carboxylic acid groups (broad SMARTS) is 1. The minimum Gasteiger partial charge on any atom is -0.480 e. The molecule has 1 aromatic rings. The summed E-state index contributed by atoms with van der Waals surface area (Å²) in [5.74, 6) is -1.25. The van der Waals surface area contributed by atoms with Crippen LogP contribution in [0.5, 0.6) is 0 Å². The average Bonchev–Trinajstić information content (AvgIpc) is 2.86. The molecule has 1 amide bonds. The molecule has 2 unspecified atom stereocenters. The zero-order chi connectivity index (χ0) is 14.5. The summed E-state index contributed by atoms with van der Waals surface area (Å²) in [6.45, 7) is 1.58. The lowest BCUT2D eigenvalue weighted by Gasteiger charge is -2.17. The number of nitrogens with zero attached hydrogens (tertiary/aromatic N) is 1. The molecule has 108 valence electrons. The van der Waals surface area contributed by atoms with Gasteiger partial charge in [0, 0.05) is 13.0 Å². The first-order valence-corrected chi connectivity index (χ1v) is 6.82. The summed E-state index contributed by atoms with van der Waals surface area (Å²) < 4.78 is 0. The van der Waals surface area contributed by atoms with Crippen LogP contribution in [0, 0.1) is 5.92 Å². The molecule has 5 nitrogen and oxygen atoms in total. The van der Waals surface area contributed by atoms with Gasteiger partial charge in [-0.2, -0.15) is 0 Å². The lowest BCUT2D eigenvalue weighted by molar-refractivity contribution is -0.142. The summed E-state index contributed by atoms with van der Waals surface area (Å²) in [7, 11) is 1.96. The zero-order valence-electron chi connectivity index (χ0n) is 11.6. The number of hydrogen-bond acceptors (Lipinski definition) is 3. The van der Waals surface area contributed by atoms with Gasteiger partial charge in [-0.1, -0.05) is 30.3 Å². The maximum Gasteiger partial charge on any atom is 0.326 e. The van der Waals surface area contributed by atoms with Crippen molar-refractivity contribution in [1.29, 1.82) is 0 Å². The van der Waals surface area contributed by atoms with Crippen LogP contribution in [0.1, 0.15) is 12.0 Å². The Morgan fingerprint density at radius 1 is 1.40 bits per heavy atom. The van der Waals surface area contributed by atoms with Crippen molar-refractivity contribution in [1.82, 2.24) is 10.2 Å². The van der Waals surface area contributed by atoms with E-state index in [2.05, 4.69) is 10.2 Å². The van der Waals surface area contributed by atoms with Crippen molar-refractivity contribution in [2.45, 2.75) is 18.9 Å². The summed E-state index contributed by atoms with van der Waals surface area (Å²) >= 11 is 0. The van der Waals surface area contributed by atoms with Gasteiger partial charge in [0.2, 0.25) is 5.91 Å². The highest BCUT2D eigenvalue weighted by Gasteiger charge is 2.29. The summed E-state index contributed by atoms with van der Waals surface area (Å²) in [5.41, 5.74) is 0.906. The Balaban J connectivity index is 1.96. The van der Waals surface area contributed by atoms with E-state index in [4.69, 9.17) is 0 Å². The predicted molar refractivity (Wildman–Crippen MR) is 75.3 cm³/mol. The van der Waals surface area contributed by atoms with Crippen LogP contribution in [-0.2, 0) is 16.0 Å². The van der Waals surface area contributed by atoms with Crippen molar-refractivity contribution in [2.75, 3.05) is 20.1 Å². The van der Waals surface area contributed by atoms with Crippen LogP contribution in [0.2, 0.25) is 0 Å². The molecule has 20 heavy (non-hydrogen) atoms. The minimum absolute atomic E-state index is 0.0994. The number of carbonyl (C=O) groups is 2. The quantitative estimate of drug-likeness (QED) is 0.832. The number of hydrogen-bond donors (Lipinski definition) is 2. The largest absolute Gasteiger partial charge is 0.480 e. The fraction of sp³-hybridized carbons (Fsp3) is 0.467. The molecular formula is C15H20N2O3. The smallest absolute Gasteiger partial charge is 0.326 e. The van der Waals surface area contributed by atoms with Crippen molar-refractivity contribution < 1.29 is 14.7 Å². The maximum atomic E-state index is 12.1. The van der Waals surface area contributed by atoms with Crippen molar-refractivity contribution >= 4 is 11.9 Å². The monoisotopic (exact) mass is 276 g/mol. The molecule has 1 heterocycles. The van der Waals surface area contributed by atoms with Gasteiger partial charge < -0.3 is 15.3 Å². The third-order valence-electron chi connectivity index (χ3n) is 3.66. The second-order valence-corrected chi connectivity index (χ2v) is 5.34. The number of benzene rings is 1. The normalized spacial score (nSPS) is 20.6. The van der Waals surface area contributed by atoms with E-state index in [1.165, 1.54) is 0 Å². The highest BCUT2D eigenvalue weighted by Crippen LogP contribution is 2.15. The fourth-order valence-electron chi connectivity index (χ4n) is 2.49. The van der Waals surface area contributed by atoms with Gasteiger partial charge in [-0.15, -0.1) is 0 Å². The van der Waals surface area contributed by atoms with Gasteiger partial charge in [-0.25, -0.2) is 4.79 Å². The van der Waals surface area contributed by atoms with Gasteiger partial charge in [-0.3, -0.25) is 4.79 Å². The van der Waals surface area contributed by atoms with E-state index >= 15 is 0 Å². The lowest BCUT2D eigenvalue weighted by Crippen LogP contribution is -2.45. The Bertz CT molecular complexity index is 475. The van der Waals surface area contributed by atoms with E-state index in [0.717, 1.165) is 18.5 Å². The van der Waals surface area contributed by atoms with Crippen LogP contribution >= 0.6 is 0 Å². The second kappa shape index (κ2) is 6.52. The molecular weight excluding hydrogens is 256 g/mol. The number of aliphatic carboxylic acids is 1. The Labute approximate surface area is 118 Å². The molecule has 1 aliphatic heterocycles. The molecule has 2 atom stereocenters. The summed E-state index contributed by atoms with van der Waals surface area (Å²) in [5, 5.41) is 11.9. The topological polar surface area (TPSA) is 69.6 Å². The van der Waals surface area contributed by atoms with Gasteiger partial charge >= 0.3 is 5.97 Å². The van der Waals surface area contributed by atoms with Crippen molar-refractivity contribution in [3.8, 4) is 0 Å². The number of nitrogens with one attached hydrogen (secondary N) is 1. The molecule has 1 saturated heterocycles. The first-order valence-electron chi connectivity index (χ1n) is 6.82. The summed E-state index contributed by atoms with van der Waals surface area (Å²) in [4.78, 5) is 25.5. The van der Waals surface area contributed by atoms with Crippen molar-refractivity contribution in [3.05, 3.63) is 35.9 Å². The highest BCUT2D eigenvalue weighted by molar-refractivity contribution is 5.85. The summed E-state index contributed by atoms with van der Waals surface area (Å²) in [6, 6.07) is 8.48. The molecule has 0 aliphatic carbocycles. The van der Waals surface area contributed by atoms with Gasteiger partial charge in [0.05, 0.1) is 5.92 Å². The van der Waals surface area contributed by atoms with Crippen LogP contribution in [0.15, 0.2) is 30.3 Å². The van der Waals surface area contributed by atoms with Crippen LogP contribution in [0.4, 0.5) is 0 Å². The van der Waals surface area contributed by atoms with E-state index in [9.17, 15) is 14.7 Å². The van der Waals surface area contributed by atoms with Gasteiger partial charge in [-0.05, 0) is 25.6 Å². The summed E-state index contributed by atoms with van der Waals surface area (Å²) in [6.07, 6.45) is 1.10. The van der Waals surface area contributed by atoms with Crippen LogP contribution < -0.4 is 5.32 Å². The molecule has 1 aromatic carbocycles. The third kappa shape index (κ3) is 3.81. The number of carboxylic acids is 1. The second-order valence-electron chi connectivity index (χ2n) is 5.34. The first-order chi connectivity index (χ1) is 9.56. The van der Waals surface area contributed by atoms with Crippen LogP contribution in [0.3, 0.4) is 0 Å². The van der Waals surface area contributed by atoms with Gasteiger partial charge in [0.25, 0.3) is 0 Å². The Morgan fingerprint density at radius 3 is 2.65 bits per heavy atom. The molecule has 1 fully saturated rings. The van der Waals surface area contributed by atoms with E-state index in [1.807, 2.05) is 37.4 Å².